The van der Waals surface area contributed by atoms with Gasteiger partial charge in [0.05, 0.1) is 18.9 Å². The van der Waals surface area contributed by atoms with Crippen molar-refractivity contribution in [1.29, 1.82) is 5.41 Å². The molecule has 2 aromatic carbocycles. The van der Waals surface area contributed by atoms with E-state index in [2.05, 4.69) is 9.71 Å². The number of carbonyl (C=O) groups excluding carboxylic acids is 1. The molecule has 2 atom stereocenters. The number of nitrogens with one attached hydrogen (secondary N) is 2. The van der Waals surface area contributed by atoms with E-state index in [0.29, 0.717) is 12.2 Å². The average molecular weight is 473 g/mol. The minimum absolute atomic E-state index is 0.155. The van der Waals surface area contributed by atoms with Crippen molar-refractivity contribution in [2.45, 2.75) is 31.0 Å². The van der Waals surface area contributed by atoms with Gasteiger partial charge in [-0.25, -0.2) is 0 Å². The lowest BCUT2D eigenvalue weighted by atomic mass is 10.1. The molecule has 33 heavy (non-hydrogen) atoms. The minimum Gasteiger partial charge on any atom is -0.478 e. The van der Waals surface area contributed by atoms with Crippen molar-refractivity contribution < 1.29 is 27.8 Å². The van der Waals surface area contributed by atoms with E-state index in [-0.39, 0.29) is 41.1 Å². The molecule has 174 valence electrons. The van der Waals surface area contributed by atoms with Gasteiger partial charge in [0.1, 0.15) is 11.0 Å². The normalized spacial score (nSPS) is 20.3. The molecule has 1 saturated heterocycles. The predicted molar refractivity (Wildman–Crippen MR) is 122 cm³/mol. The van der Waals surface area contributed by atoms with Crippen molar-refractivity contribution in [3.8, 4) is 0 Å². The summed E-state index contributed by atoms with van der Waals surface area (Å²) in [7, 11) is -4.20. The zero-order valence-corrected chi connectivity index (χ0v) is 18.9. The second-order valence-electron chi connectivity index (χ2n) is 7.61. The Morgan fingerprint density at radius 3 is 2.76 bits per heavy atom. The van der Waals surface area contributed by atoms with Gasteiger partial charge in [0.25, 0.3) is 15.9 Å². The van der Waals surface area contributed by atoms with Crippen molar-refractivity contribution in [3.63, 3.8) is 0 Å². The highest BCUT2D eigenvalue weighted by molar-refractivity contribution is 7.90. The fourth-order valence-electron chi connectivity index (χ4n) is 3.63. The molecular formula is C22H24N4O6S. The molecule has 0 saturated carbocycles. The predicted octanol–water partition coefficient (Wildman–Crippen LogP) is 1.66. The van der Waals surface area contributed by atoms with Crippen molar-refractivity contribution in [1.82, 2.24) is 0 Å². The Morgan fingerprint density at radius 1 is 1.33 bits per heavy atom. The highest BCUT2D eigenvalue weighted by Gasteiger charge is 2.40. The van der Waals surface area contributed by atoms with Crippen molar-refractivity contribution in [2.24, 2.45) is 4.40 Å². The van der Waals surface area contributed by atoms with Crippen LogP contribution in [0.2, 0.25) is 0 Å². The summed E-state index contributed by atoms with van der Waals surface area (Å²) >= 11 is 0. The number of carbonyl (C=O) groups is 1. The van der Waals surface area contributed by atoms with Crippen LogP contribution in [0.3, 0.4) is 0 Å². The molecule has 0 spiro atoms. The van der Waals surface area contributed by atoms with E-state index >= 15 is 0 Å². The number of fused-ring (bicyclic) bond motifs is 1. The molecule has 0 radical (unpaired) electrons. The molecule has 0 aromatic heterocycles. The van der Waals surface area contributed by atoms with Crippen LogP contribution in [0, 0.1) is 12.3 Å². The van der Waals surface area contributed by atoms with Crippen LogP contribution in [0.4, 0.5) is 11.4 Å². The van der Waals surface area contributed by atoms with Gasteiger partial charge in [-0.1, -0.05) is 17.7 Å². The first-order valence-electron chi connectivity index (χ1n) is 10.4. The van der Waals surface area contributed by atoms with Gasteiger partial charge in [-0.3, -0.25) is 10.2 Å². The van der Waals surface area contributed by atoms with E-state index in [4.69, 9.17) is 14.9 Å². The van der Waals surface area contributed by atoms with E-state index in [1.54, 1.807) is 19.1 Å². The molecule has 1 fully saturated rings. The number of rotatable bonds is 5. The van der Waals surface area contributed by atoms with Crippen LogP contribution in [0.5, 0.6) is 0 Å². The molecule has 0 aliphatic carbocycles. The standard InChI is InChI=1S/C22H24N4O6S/c1-3-31-20(23)14-6-9-16-17(12-14)33(29,30)25-21(24-16)18(27)19-22(28)26(10-11-32-19)15-7-4-13(2)5-8-15/h4-9,12,18-19,23,27H,3,10-11H2,1-2H3,(H,24,25)/t18-,19-/m1/s1. The van der Waals surface area contributed by atoms with Gasteiger partial charge in [0.2, 0.25) is 5.90 Å². The van der Waals surface area contributed by atoms with Gasteiger partial charge < -0.3 is 24.8 Å². The fourth-order valence-corrected chi connectivity index (χ4v) is 4.82. The van der Waals surface area contributed by atoms with Gasteiger partial charge in [-0.05, 0) is 44.2 Å². The largest absolute Gasteiger partial charge is 0.478 e. The smallest absolute Gasteiger partial charge is 0.286 e. The maximum Gasteiger partial charge on any atom is 0.286 e. The third-order valence-electron chi connectivity index (χ3n) is 5.33. The maximum atomic E-state index is 13.1. The SMILES string of the molecule is CCOC(=N)c1ccc2c(c1)S(=O)(=O)N=C([C@H](O)[C@H]1OCCN(c3ccc(C)cc3)C1=O)N2. The van der Waals surface area contributed by atoms with Gasteiger partial charge in [-0.15, -0.1) is 4.40 Å². The molecule has 1 amide bonds. The van der Waals surface area contributed by atoms with Crippen LogP contribution in [-0.2, 0) is 24.3 Å². The lowest BCUT2D eigenvalue weighted by molar-refractivity contribution is -0.139. The minimum atomic E-state index is -4.20. The van der Waals surface area contributed by atoms with E-state index in [0.717, 1.165) is 5.56 Å². The van der Waals surface area contributed by atoms with Crippen LogP contribution in [0.25, 0.3) is 0 Å². The second kappa shape index (κ2) is 8.93. The Bertz CT molecular complexity index is 1230. The van der Waals surface area contributed by atoms with Crippen LogP contribution < -0.4 is 10.2 Å². The molecule has 0 unspecified atom stereocenters. The first kappa shape index (κ1) is 22.9. The van der Waals surface area contributed by atoms with Gasteiger partial charge >= 0.3 is 0 Å². The number of benzene rings is 2. The number of hydrogen-bond acceptors (Lipinski definition) is 8. The van der Waals surface area contributed by atoms with E-state index in [1.807, 2.05) is 19.1 Å². The summed E-state index contributed by atoms with van der Waals surface area (Å²) in [6, 6.07) is 11.6. The molecular weight excluding hydrogens is 448 g/mol. The number of aliphatic hydroxyl groups excluding tert-OH is 1. The van der Waals surface area contributed by atoms with E-state index in [1.165, 1.54) is 23.1 Å². The monoisotopic (exact) mass is 472 g/mol. The van der Waals surface area contributed by atoms with Crippen LogP contribution in [0.1, 0.15) is 18.1 Å². The number of sulfonamides is 1. The Labute approximate surface area is 191 Å². The number of amidine groups is 1. The summed E-state index contributed by atoms with van der Waals surface area (Å²) in [5.74, 6) is -0.965. The van der Waals surface area contributed by atoms with Crippen LogP contribution in [0.15, 0.2) is 51.8 Å². The van der Waals surface area contributed by atoms with Gasteiger partial charge in [-0.2, -0.15) is 8.42 Å². The Kier molecular flexibility index (Phi) is 6.19. The molecule has 2 heterocycles. The first-order valence-corrected chi connectivity index (χ1v) is 11.8. The number of ether oxygens (including phenoxy) is 2. The molecule has 2 aliphatic heterocycles. The number of anilines is 2. The number of aryl methyl sites for hydroxylation is 1. The molecule has 11 heteroatoms. The number of aliphatic hydroxyl groups is 1. The summed E-state index contributed by atoms with van der Waals surface area (Å²) in [5.41, 5.74) is 2.15. The Balaban J connectivity index is 1.59. The van der Waals surface area contributed by atoms with Gasteiger partial charge in [0.15, 0.2) is 11.9 Å². The summed E-state index contributed by atoms with van der Waals surface area (Å²) in [5, 5.41) is 21.5. The van der Waals surface area contributed by atoms with E-state index in [9.17, 15) is 18.3 Å². The van der Waals surface area contributed by atoms with Crippen molar-refractivity contribution in [2.75, 3.05) is 30.0 Å². The average Bonchev–Trinajstić information content (AvgIpc) is 2.79. The summed E-state index contributed by atoms with van der Waals surface area (Å²) in [6.45, 7) is 4.40. The molecule has 4 rings (SSSR count). The van der Waals surface area contributed by atoms with Gasteiger partial charge in [0, 0.05) is 17.8 Å². The summed E-state index contributed by atoms with van der Waals surface area (Å²) < 4.78 is 40.0. The molecule has 2 aromatic rings. The highest BCUT2D eigenvalue weighted by Crippen LogP contribution is 2.30. The number of hydrogen-bond donors (Lipinski definition) is 3. The highest BCUT2D eigenvalue weighted by atomic mass is 32.2. The van der Waals surface area contributed by atoms with Crippen molar-refractivity contribution >= 4 is 39.0 Å². The molecule has 2 aliphatic rings. The lowest BCUT2D eigenvalue weighted by Crippen LogP contribution is -2.56. The number of amides is 1. The number of morpholine rings is 1. The van der Waals surface area contributed by atoms with Crippen molar-refractivity contribution in [3.05, 3.63) is 53.6 Å². The number of nitrogens with zero attached hydrogens (tertiary/aromatic N) is 2. The zero-order valence-electron chi connectivity index (χ0n) is 18.1. The van der Waals surface area contributed by atoms with Crippen LogP contribution >= 0.6 is 0 Å². The van der Waals surface area contributed by atoms with E-state index < -0.39 is 28.1 Å². The maximum absolute atomic E-state index is 13.1. The fraction of sp³-hybridized carbons (Fsp3) is 0.318. The molecule has 10 nitrogen and oxygen atoms in total. The zero-order chi connectivity index (χ0) is 23.8. The quantitative estimate of drug-likeness (QED) is 0.444. The Hall–Kier alpha value is -3.28. The summed E-state index contributed by atoms with van der Waals surface area (Å²) in [4.78, 5) is 14.4. The third-order valence-corrected chi connectivity index (χ3v) is 6.66. The van der Waals surface area contributed by atoms with Crippen LogP contribution in [-0.4, -0.2) is 63.1 Å². The molecule has 3 N–H and O–H groups in total. The third kappa shape index (κ3) is 4.47. The first-order chi connectivity index (χ1) is 15.7. The second-order valence-corrected chi connectivity index (χ2v) is 9.18. The topological polar surface area (TPSA) is 141 Å². The lowest BCUT2D eigenvalue weighted by Gasteiger charge is -2.35. The Morgan fingerprint density at radius 2 is 2.06 bits per heavy atom. The summed E-state index contributed by atoms with van der Waals surface area (Å²) in [6.07, 6.45) is -2.96. The molecule has 0 bridgehead atoms.